The first-order chi connectivity index (χ1) is 12.0. The number of amides is 1. The van der Waals surface area contributed by atoms with Crippen LogP contribution in [0.1, 0.15) is 12.5 Å². The molecule has 0 aromatic heterocycles. The lowest BCUT2D eigenvalue weighted by Crippen LogP contribution is -3.11. The van der Waals surface area contributed by atoms with Crippen LogP contribution in [0.5, 0.6) is 5.75 Å². The molecule has 0 aliphatic rings. The smallest absolute Gasteiger partial charge is 0.296 e. The second-order valence-corrected chi connectivity index (χ2v) is 5.63. The topological polar surface area (TPSA) is 85.9 Å². The zero-order valence-corrected chi connectivity index (χ0v) is 14.3. The van der Waals surface area contributed by atoms with Crippen LogP contribution >= 0.6 is 0 Å². The molecule has 2 N–H and O–H groups in total. The third kappa shape index (κ3) is 5.29. The van der Waals surface area contributed by atoms with Crippen LogP contribution in [0.15, 0.2) is 48.5 Å². The van der Waals surface area contributed by atoms with E-state index in [1.807, 2.05) is 37.3 Å². The van der Waals surface area contributed by atoms with Gasteiger partial charge in [0, 0.05) is 5.56 Å². The van der Waals surface area contributed by atoms with E-state index in [1.165, 1.54) is 19.2 Å². The molecule has 0 saturated carbocycles. The van der Waals surface area contributed by atoms with Crippen molar-refractivity contribution in [1.29, 1.82) is 0 Å². The number of carbonyl (C=O) groups is 1. The molecule has 7 nitrogen and oxygen atoms in total. The van der Waals surface area contributed by atoms with Gasteiger partial charge in [-0.3, -0.25) is 14.9 Å². The highest BCUT2D eigenvalue weighted by Crippen LogP contribution is 2.28. The molecule has 25 heavy (non-hydrogen) atoms. The molecule has 0 saturated heterocycles. The quantitative estimate of drug-likeness (QED) is 0.563. The summed E-state index contributed by atoms with van der Waals surface area (Å²) in [5.74, 6) is 0.107. The van der Waals surface area contributed by atoms with Gasteiger partial charge in [-0.25, -0.2) is 0 Å². The van der Waals surface area contributed by atoms with E-state index in [-0.39, 0.29) is 23.8 Å². The van der Waals surface area contributed by atoms with Crippen molar-refractivity contribution in [3.8, 4) is 5.75 Å². The Labute approximate surface area is 146 Å². The average Bonchev–Trinajstić information content (AvgIpc) is 2.62. The summed E-state index contributed by atoms with van der Waals surface area (Å²) in [5, 5.41) is 13.8. The Bertz CT molecular complexity index is 734. The molecular formula is C18H22N3O4+. The first kappa shape index (κ1) is 18.4. The Morgan fingerprint density at radius 2 is 1.96 bits per heavy atom. The monoisotopic (exact) mass is 344 g/mol. The third-order valence-corrected chi connectivity index (χ3v) is 3.88. The molecule has 1 amide bonds. The van der Waals surface area contributed by atoms with Crippen molar-refractivity contribution < 1.29 is 19.4 Å². The zero-order chi connectivity index (χ0) is 18.2. The first-order valence-electron chi connectivity index (χ1n) is 8.03. The summed E-state index contributed by atoms with van der Waals surface area (Å²) < 4.78 is 4.99. The molecule has 0 heterocycles. The molecule has 2 aromatic rings. The van der Waals surface area contributed by atoms with Crippen molar-refractivity contribution in [3.05, 3.63) is 64.2 Å². The van der Waals surface area contributed by atoms with Crippen molar-refractivity contribution in [2.45, 2.75) is 13.5 Å². The highest BCUT2D eigenvalue weighted by Gasteiger charge is 2.19. The first-order valence-corrected chi connectivity index (χ1v) is 8.03. The number of methoxy groups -OCH3 is 1. The Morgan fingerprint density at radius 1 is 1.24 bits per heavy atom. The molecule has 0 aliphatic carbocycles. The van der Waals surface area contributed by atoms with Gasteiger partial charge in [0.15, 0.2) is 6.54 Å². The molecule has 0 aliphatic heterocycles. The van der Waals surface area contributed by atoms with Gasteiger partial charge in [-0.05, 0) is 19.1 Å². The van der Waals surface area contributed by atoms with Gasteiger partial charge in [0.05, 0.1) is 24.6 Å². The second kappa shape index (κ2) is 8.79. The van der Waals surface area contributed by atoms with Gasteiger partial charge in [-0.1, -0.05) is 30.3 Å². The lowest BCUT2D eigenvalue weighted by atomic mass is 10.2. The Hall–Kier alpha value is -2.93. The number of ether oxygens (including phenoxy) is 1. The number of nitrogens with one attached hydrogen (secondary N) is 2. The molecule has 132 valence electrons. The van der Waals surface area contributed by atoms with Crippen molar-refractivity contribution in [2.75, 3.05) is 25.5 Å². The summed E-state index contributed by atoms with van der Waals surface area (Å²) in [6.45, 7) is 3.72. The highest BCUT2D eigenvalue weighted by molar-refractivity contribution is 5.93. The highest BCUT2D eigenvalue weighted by atomic mass is 16.6. The number of hydrogen-bond donors (Lipinski definition) is 2. The fourth-order valence-electron chi connectivity index (χ4n) is 2.51. The zero-order valence-electron chi connectivity index (χ0n) is 14.3. The van der Waals surface area contributed by atoms with E-state index >= 15 is 0 Å². The number of nitrogens with zero attached hydrogens (tertiary/aromatic N) is 1. The lowest BCUT2D eigenvalue weighted by Gasteiger charge is -2.17. The van der Waals surface area contributed by atoms with Crippen LogP contribution in [0, 0.1) is 10.1 Å². The van der Waals surface area contributed by atoms with Crippen molar-refractivity contribution in [1.82, 2.24) is 0 Å². The summed E-state index contributed by atoms with van der Waals surface area (Å²) in [6, 6.07) is 14.3. The number of carbonyl (C=O) groups excluding carboxylic acids is 1. The molecule has 0 bridgehead atoms. The van der Waals surface area contributed by atoms with Crippen LogP contribution < -0.4 is 15.0 Å². The number of likely N-dealkylation sites (N-methyl/N-ethyl adjacent to an activating group) is 1. The molecule has 1 atom stereocenters. The number of anilines is 1. The van der Waals surface area contributed by atoms with Crippen LogP contribution in [0.3, 0.4) is 0 Å². The van der Waals surface area contributed by atoms with Crippen molar-refractivity contribution >= 4 is 17.3 Å². The van der Waals surface area contributed by atoms with Crippen LogP contribution in [0.2, 0.25) is 0 Å². The maximum absolute atomic E-state index is 12.3. The molecule has 2 rings (SSSR count). The summed E-state index contributed by atoms with van der Waals surface area (Å²) in [5.41, 5.74) is 1.13. The third-order valence-electron chi connectivity index (χ3n) is 3.88. The number of nitro groups is 1. The molecule has 7 heteroatoms. The number of quaternary nitrogens is 1. The minimum Gasteiger partial charge on any atom is -0.496 e. The molecule has 1 unspecified atom stereocenters. The molecule has 2 aromatic carbocycles. The van der Waals surface area contributed by atoms with Gasteiger partial charge < -0.3 is 15.0 Å². The van der Waals surface area contributed by atoms with Gasteiger partial charge in [0.1, 0.15) is 18.0 Å². The summed E-state index contributed by atoms with van der Waals surface area (Å²) in [6.07, 6.45) is 0. The van der Waals surface area contributed by atoms with Gasteiger partial charge in [-0.15, -0.1) is 0 Å². The van der Waals surface area contributed by atoms with Crippen LogP contribution in [0.25, 0.3) is 0 Å². The van der Waals surface area contributed by atoms with Crippen LogP contribution in [0.4, 0.5) is 11.4 Å². The van der Waals surface area contributed by atoms with E-state index in [0.717, 1.165) is 23.6 Å². The predicted octanol–water partition coefficient (Wildman–Crippen LogP) is 1.65. The molecule has 0 fully saturated rings. The van der Waals surface area contributed by atoms with Gasteiger partial charge in [0.25, 0.3) is 11.6 Å². The van der Waals surface area contributed by atoms with Gasteiger partial charge in [0.2, 0.25) is 0 Å². The van der Waals surface area contributed by atoms with Crippen LogP contribution in [-0.2, 0) is 11.3 Å². The predicted molar refractivity (Wildman–Crippen MR) is 94.8 cm³/mol. The number of benzene rings is 2. The average molecular weight is 344 g/mol. The van der Waals surface area contributed by atoms with E-state index in [2.05, 4.69) is 5.32 Å². The maximum atomic E-state index is 12.3. The van der Waals surface area contributed by atoms with E-state index in [1.54, 1.807) is 6.07 Å². The van der Waals surface area contributed by atoms with Crippen LogP contribution in [-0.4, -0.2) is 31.0 Å². The molecule has 0 spiro atoms. The van der Waals surface area contributed by atoms with E-state index < -0.39 is 4.92 Å². The Morgan fingerprint density at radius 3 is 2.56 bits per heavy atom. The van der Waals surface area contributed by atoms with Crippen molar-refractivity contribution in [3.63, 3.8) is 0 Å². The number of nitro benzene ring substituents is 1. The summed E-state index contributed by atoms with van der Waals surface area (Å²) in [7, 11) is 1.43. The SMILES string of the molecule is CC[NH+](CC(=O)Nc1ccc(OC)cc1[N+](=O)[O-])Cc1ccccc1. The summed E-state index contributed by atoms with van der Waals surface area (Å²) >= 11 is 0. The Kier molecular flexibility index (Phi) is 6.47. The van der Waals surface area contributed by atoms with Crippen molar-refractivity contribution in [2.24, 2.45) is 0 Å². The minimum atomic E-state index is -0.535. The molecule has 0 radical (unpaired) electrons. The fraction of sp³-hybridized carbons (Fsp3) is 0.278. The van der Waals surface area contributed by atoms with Gasteiger partial charge in [-0.2, -0.15) is 0 Å². The minimum absolute atomic E-state index is 0.172. The number of rotatable bonds is 8. The normalized spacial score (nSPS) is 11.6. The largest absolute Gasteiger partial charge is 0.496 e. The fourth-order valence-corrected chi connectivity index (χ4v) is 2.51. The van der Waals surface area contributed by atoms with Gasteiger partial charge >= 0.3 is 0 Å². The van der Waals surface area contributed by atoms with E-state index in [4.69, 9.17) is 4.74 Å². The summed E-state index contributed by atoms with van der Waals surface area (Å²) in [4.78, 5) is 24.0. The van der Waals surface area contributed by atoms with E-state index in [9.17, 15) is 14.9 Å². The lowest BCUT2D eigenvalue weighted by molar-refractivity contribution is -0.903. The maximum Gasteiger partial charge on any atom is 0.296 e. The standard InChI is InChI=1S/C18H21N3O4/c1-3-20(12-14-7-5-4-6-8-14)13-18(22)19-16-10-9-15(25-2)11-17(16)21(23)24/h4-11H,3,12-13H2,1-2H3,(H,19,22)/p+1. The van der Waals surface area contributed by atoms with E-state index in [0.29, 0.717) is 5.75 Å². The second-order valence-electron chi connectivity index (χ2n) is 5.63. The number of hydrogen-bond acceptors (Lipinski definition) is 4. The molecular weight excluding hydrogens is 322 g/mol. The Balaban J connectivity index is 2.04.